The summed E-state index contributed by atoms with van der Waals surface area (Å²) in [7, 11) is 0. The number of nitro benzene ring substituents is 1. The molecule has 0 spiro atoms. The number of anilines is 1. The van der Waals surface area contributed by atoms with E-state index in [9.17, 15) is 19.7 Å². The molecule has 0 aromatic heterocycles. The predicted octanol–water partition coefficient (Wildman–Crippen LogP) is 3.42. The third-order valence-corrected chi connectivity index (χ3v) is 4.08. The van der Waals surface area contributed by atoms with Crippen LogP contribution in [0.15, 0.2) is 47.4 Å². The number of ether oxygens (including phenoxy) is 1. The molecule has 0 saturated carbocycles. The molecular weight excluding hydrogens is 344 g/mol. The van der Waals surface area contributed by atoms with E-state index in [1.807, 2.05) is 18.4 Å². The Morgan fingerprint density at radius 3 is 2.44 bits per heavy atom. The van der Waals surface area contributed by atoms with Crippen LogP contribution < -0.4 is 5.32 Å². The molecule has 0 bridgehead atoms. The van der Waals surface area contributed by atoms with Crippen molar-refractivity contribution in [1.82, 2.24) is 0 Å². The molecule has 2 rings (SSSR count). The molecule has 8 heteroatoms. The van der Waals surface area contributed by atoms with Gasteiger partial charge >= 0.3 is 5.97 Å². The molecule has 0 aliphatic heterocycles. The normalized spacial score (nSPS) is 10.2. The molecule has 0 atom stereocenters. The average Bonchev–Trinajstić information content (AvgIpc) is 2.60. The van der Waals surface area contributed by atoms with Gasteiger partial charge in [0, 0.05) is 22.2 Å². The second-order valence-corrected chi connectivity index (χ2v) is 5.99. The first-order chi connectivity index (χ1) is 11.9. The van der Waals surface area contributed by atoms with Gasteiger partial charge in [-0.15, -0.1) is 11.8 Å². The number of nitro groups is 1. The van der Waals surface area contributed by atoms with Gasteiger partial charge < -0.3 is 10.1 Å². The smallest absolute Gasteiger partial charge is 0.338 e. The van der Waals surface area contributed by atoms with Crippen molar-refractivity contribution in [3.63, 3.8) is 0 Å². The maximum absolute atomic E-state index is 11.9. The van der Waals surface area contributed by atoms with Crippen LogP contribution in [0.3, 0.4) is 0 Å². The van der Waals surface area contributed by atoms with E-state index < -0.39 is 23.4 Å². The number of rotatable bonds is 6. The molecular formula is C17H16N2O5S. The summed E-state index contributed by atoms with van der Waals surface area (Å²) in [4.78, 5) is 35.1. The van der Waals surface area contributed by atoms with Gasteiger partial charge in [-0.2, -0.15) is 0 Å². The number of hydrogen-bond donors (Lipinski definition) is 1. The first-order valence-electron chi connectivity index (χ1n) is 7.27. The second kappa shape index (κ2) is 8.29. The van der Waals surface area contributed by atoms with Crippen LogP contribution in [0.5, 0.6) is 0 Å². The highest BCUT2D eigenvalue weighted by molar-refractivity contribution is 7.98. The average molecular weight is 360 g/mol. The number of carbonyl (C=O) groups is 2. The zero-order valence-electron chi connectivity index (χ0n) is 13.6. The SMILES string of the molecule is CSc1ccc(NC(=O)COC(=O)c2ccc([N+](=O)[O-])c(C)c2)cc1. The maximum Gasteiger partial charge on any atom is 0.338 e. The van der Waals surface area contributed by atoms with Crippen molar-refractivity contribution < 1.29 is 19.2 Å². The number of amides is 1. The zero-order chi connectivity index (χ0) is 18.4. The Balaban J connectivity index is 1.91. The lowest BCUT2D eigenvalue weighted by Gasteiger charge is -2.07. The Labute approximate surface area is 148 Å². The lowest BCUT2D eigenvalue weighted by atomic mass is 10.1. The molecule has 0 saturated heterocycles. The van der Waals surface area contributed by atoms with Crippen molar-refractivity contribution in [2.75, 3.05) is 18.2 Å². The highest BCUT2D eigenvalue weighted by Crippen LogP contribution is 2.19. The van der Waals surface area contributed by atoms with Crippen LogP contribution in [-0.2, 0) is 9.53 Å². The molecule has 0 unspecified atom stereocenters. The molecule has 130 valence electrons. The van der Waals surface area contributed by atoms with Crippen LogP contribution in [0.25, 0.3) is 0 Å². The van der Waals surface area contributed by atoms with Crippen LogP contribution in [0.1, 0.15) is 15.9 Å². The van der Waals surface area contributed by atoms with E-state index in [4.69, 9.17) is 4.74 Å². The number of benzene rings is 2. The Morgan fingerprint density at radius 2 is 1.88 bits per heavy atom. The highest BCUT2D eigenvalue weighted by atomic mass is 32.2. The summed E-state index contributed by atoms with van der Waals surface area (Å²) in [5, 5.41) is 13.4. The zero-order valence-corrected chi connectivity index (χ0v) is 14.5. The number of aryl methyl sites for hydroxylation is 1. The fourth-order valence-corrected chi connectivity index (χ4v) is 2.48. The van der Waals surface area contributed by atoms with E-state index in [-0.39, 0.29) is 11.3 Å². The minimum Gasteiger partial charge on any atom is -0.452 e. The van der Waals surface area contributed by atoms with Gasteiger partial charge in [-0.05, 0) is 49.6 Å². The summed E-state index contributed by atoms with van der Waals surface area (Å²) in [6.45, 7) is 1.08. The van der Waals surface area contributed by atoms with Gasteiger partial charge in [-0.1, -0.05) is 0 Å². The number of esters is 1. The number of carbonyl (C=O) groups excluding carboxylic acids is 2. The van der Waals surface area contributed by atoms with Crippen molar-refractivity contribution in [3.8, 4) is 0 Å². The van der Waals surface area contributed by atoms with Gasteiger partial charge in [0.05, 0.1) is 10.5 Å². The van der Waals surface area contributed by atoms with E-state index in [0.717, 1.165) is 4.90 Å². The van der Waals surface area contributed by atoms with E-state index in [0.29, 0.717) is 11.3 Å². The second-order valence-electron chi connectivity index (χ2n) is 5.11. The summed E-state index contributed by atoms with van der Waals surface area (Å²) in [5.74, 6) is -1.19. The monoisotopic (exact) mass is 360 g/mol. The molecule has 1 N–H and O–H groups in total. The van der Waals surface area contributed by atoms with Crippen molar-refractivity contribution in [2.24, 2.45) is 0 Å². The van der Waals surface area contributed by atoms with E-state index in [1.54, 1.807) is 23.9 Å². The molecule has 2 aromatic carbocycles. The summed E-state index contributed by atoms with van der Waals surface area (Å²) in [6.07, 6.45) is 1.95. The molecule has 0 heterocycles. The third-order valence-electron chi connectivity index (χ3n) is 3.34. The van der Waals surface area contributed by atoms with Crippen LogP contribution >= 0.6 is 11.8 Å². The fourth-order valence-electron chi connectivity index (χ4n) is 2.07. The maximum atomic E-state index is 11.9. The van der Waals surface area contributed by atoms with E-state index in [2.05, 4.69) is 5.32 Å². The van der Waals surface area contributed by atoms with Gasteiger partial charge in [0.1, 0.15) is 0 Å². The lowest BCUT2D eigenvalue weighted by molar-refractivity contribution is -0.385. The van der Waals surface area contributed by atoms with Crippen LogP contribution in [0.4, 0.5) is 11.4 Å². The van der Waals surface area contributed by atoms with E-state index in [1.165, 1.54) is 25.1 Å². The van der Waals surface area contributed by atoms with Crippen molar-refractivity contribution >= 4 is 35.0 Å². The van der Waals surface area contributed by atoms with Crippen molar-refractivity contribution in [1.29, 1.82) is 0 Å². The van der Waals surface area contributed by atoms with Gasteiger partial charge in [0.15, 0.2) is 6.61 Å². The first kappa shape index (κ1) is 18.5. The summed E-state index contributed by atoms with van der Waals surface area (Å²) in [6, 6.07) is 11.1. The topological polar surface area (TPSA) is 98.5 Å². The third kappa shape index (κ3) is 5.05. The fraction of sp³-hybridized carbons (Fsp3) is 0.176. The number of hydrogen-bond acceptors (Lipinski definition) is 6. The molecule has 0 fully saturated rings. The number of nitrogens with one attached hydrogen (secondary N) is 1. The van der Waals surface area contributed by atoms with Crippen LogP contribution in [0.2, 0.25) is 0 Å². The molecule has 0 aliphatic carbocycles. The number of nitrogens with zero attached hydrogens (tertiary/aromatic N) is 1. The van der Waals surface area contributed by atoms with Gasteiger partial charge in [-0.25, -0.2) is 4.79 Å². The van der Waals surface area contributed by atoms with Crippen LogP contribution in [0, 0.1) is 17.0 Å². The minimum atomic E-state index is -0.717. The molecule has 0 aliphatic rings. The van der Waals surface area contributed by atoms with Crippen molar-refractivity contribution in [2.45, 2.75) is 11.8 Å². The quantitative estimate of drug-likeness (QED) is 0.367. The molecule has 1 amide bonds. The van der Waals surface area contributed by atoms with Gasteiger partial charge in [-0.3, -0.25) is 14.9 Å². The summed E-state index contributed by atoms with van der Waals surface area (Å²) in [5.41, 5.74) is 1.02. The molecule has 2 aromatic rings. The lowest BCUT2D eigenvalue weighted by Crippen LogP contribution is -2.21. The Morgan fingerprint density at radius 1 is 1.20 bits per heavy atom. The largest absolute Gasteiger partial charge is 0.452 e. The summed E-state index contributed by atoms with van der Waals surface area (Å²) < 4.78 is 4.94. The molecule has 7 nitrogen and oxygen atoms in total. The van der Waals surface area contributed by atoms with Crippen molar-refractivity contribution in [3.05, 3.63) is 63.7 Å². The van der Waals surface area contributed by atoms with Gasteiger partial charge in [0.25, 0.3) is 11.6 Å². The Hall–Kier alpha value is -2.87. The highest BCUT2D eigenvalue weighted by Gasteiger charge is 2.15. The van der Waals surface area contributed by atoms with Gasteiger partial charge in [0.2, 0.25) is 0 Å². The first-order valence-corrected chi connectivity index (χ1v) is 8.49. The van der Waals surface area contributed by atoms with E-state index >= 15 is 0 Å². The Bertz CT molecular complexity index is 805. The molecule has 25 heavy (non-hydrogen) atoms. The predicted molar refractivity (Wildman–Crippen MR) is 95.0 cm³/mol. The van der Waals surface area contributed by atoms with Crippen LogP contribution in [-0.4, -0.2) is 29.7 Å². The number of thioether (sulfide) groups is 1. The standard InChI is InChI=1S/C17H16N2O5S/c1-11-9-12(3-8-15(11)19(22)23)17(21)24-10-16(20)18-13-4-6-14(25-2)7-5-13/h3-9H,10H2,1-2H3,(H,18,20). The summed E-state index contributed by atoms with van der Waals surface area (Å²) >= 11 is 1.59. The minimum absolute atomic E-state index is 0.0806. The Kier molecular flexibility index (Phi) is 6.13. The molecule has 0 radical (unpaired) electrons.